The molecule has 0 aliphatic carbocycles. The van der Waals surface area contributed by atoms with Crippen LogP contribution in [0.5, 0.6) is 0 Å². The minimum absolute atomic E-state index is 0.0743. The van der Waals surface area contributed by atoms with E-state index in [2.05, 4.69) is 10.6 Å². The van der Waals surface area contributed by atoms with Crippen LogP contribution in [0, 0.1) is 17.1 Å². The summed E-state index contributed by atoms with van der Waals surface area (Å²) in [6.45, 7) is 0.994. The summed E-state index contributed by atoms with van der Waals surface area (Å²) in [5, 5.41) is 15.4. The van der Waals surface area contributed by atoms with E-state index in [1.807, 2.05) is 6.07 Å². The molecule has 0 radical (unpaired) electrons. The van der Waals surface area contributed by atoms with E-state index in [1.165, 1.54) is 23.1 Å². The van der Waals surface area contributed by atoms with E-state index in [9.17, 15) is 14.0 Å². The van der Waals surface area contributed by atoms with E-state index in [0.29, 0.717) is 36.6 Å². The van der Waals surface area contributed by atoms with Gasteiger partial charge in [-0.1, -0.05) is 29.3 Å². The van der Waals surface area contributed by atoms with Crippen molar-refractivity contribution in [3.63, 3.8) is 0 Å². The zero-order valence-electron chi connectivity index (χ0n) is 15.9. The molecule has 0 saturated carbocycles. The molecule has 2 N–H and O–H groups in total. The average molecular weight is 449 g/mol. The number of carbonyl (C=O) groups is 2. The number of carbonyl (C=O) groups excluding carboxylic acids is 2. The van der Waals surface area contributed by atoms with Crippen molar-refractivity contribution in [2.24, 2.45) is 0 Å². The highest BCUT2D eigenvalue weighted by Gasteiger charge is 2.35. The summed E-state index contributed by atoms with van der Waals surface area (Å²) in [5.41, 5.74) is 0.551. The lowest BCUT2D eigenvalue weighted by molar-refractivity contribution is -0.124. The SMILES string of the molecule is N#Cc1c(F)cccc1NCCNC(=O)C1CCCN1C(=O)c1cc(Cl)ccc1Cl. The predicted molar refractivity (Wildman–Crippen MR) is 113 cm³/mol. The largest absolute Gasteiger partial charge is 0.382 e. The smallest absolute Gasteiger partial charge is 0.256 e. The lowest BCUT2D eigenvalue weighted by Gasteiger charge is -2.24. The topological polar surface area (TPSA) is 85.2 Å². The lowest BCUT2D eigenvalue weighted by Crippen LogP contribution is -2.46. The van der Waals surface area contributed by atoms with Gasteiger partial charge in [0.15, 0.2) is 0 Å². The van der Waals surface area contributed by atoms with Crippen LogP contribution < -0.4 is 10.6 Å². The first-order valence-corrected chi connectivity index (χ1v) is 10.1. The van der Waals surface area contributed by atoms with Crippen molar-refractivity contribution >= 4 is 40.7 Å². The van der Waals surface area contributed by atoms with Gasteiger partial charge < -0.3 is 15.5 Å². The number of benzene rings is 2. The Morgan fingerprint density at radius 1 is 1.23 bits per heavy atom. The number of rotatable bonds is 6. The van der Waals surface area contributed by atoms with Crippen molar-refractivity contribution in [2.45, 2.75) is 18.9 Å². The summed E-state index contributed by atoms with van der Waals surface area (Å²) in [5.74, 6) is -1.22. The Bertz CT molecular complexity index is 1010. The second-order valence-electron chi connectivity index (χ2n) is 6.77. The van der Waals surface area contributed by atoms with Crippen LogP contribution in [0.2, 0.25) is 10.0 Å². The van der Waals surface area contributed by atoms with Crippen LogP contribution in [0.4, 0.5) is 10.1 Å². The van der Waals surface area contributed by atoms with Gasteiger partial charge in [-0.3, -0.25) is 9.59 Å². The molecule has 6 nitrogen and oxygen atoms in total. The molecular formula is C21H19Cl2FN4O2. The van der Waals surface area contributed by atoms with Gasteiger partial charge in [0.1, 0.15) is 23.5 Å². The number of anilines is 1. The van der Waals surface area contributed by atoms with Gasteiger partial charge in [0, 0.05) is 24.7 Å². The van der Waals surface area contributed by atoms with Gasteiger partial charge in [-0.2, -0.15) is 5.26 Å². The number of amides is 2. The molecule has 0 bridgehead atoms. The van der Waals surface area contributed by atoms with E-state index in [1.54, 1.807) is 18.2 Å². The molecule has 1 saturated heterocycles. The van der Waals surface area contributed by atoms with Crippen molar-refractivity contribution in [1.82, 2.24) is 10.2 Å². The molecule has 0 aromatic heterocycles. The maximum atomic E-state index is 13.6. The normalized spacial score (nSPS) is 15.5. The Balaban J connectivity index is 1.57. The molecule has 3 rings (SSSR count). The van der Waals surface area contributed by atoms with Crippen molar-refractivity contribution in [2.75, 3.05) is 25.0 Å². The van der Waals surface area contributed by atoms with Crippen LogP contribution in [0.25, 0.3) is 0 Å². The highest BCUT2D eigenvalue weighted by atomic mass is 35.5. The molecule has 30 heavy (non-hydrogen) atoms. The fraction of sp³-hybridized carbons (Fsp3) is 0.286. The number of hydrogen-bond donors (Lipinski definition) is 2. The van der Waals surface area contributed by atoms with Gasteiger partial charge >= 0.3 is 0 Å². The van der Waals surface area contributed by atoms with Gasteiger partial charge in [0.25, 0.3) is 5.91 Å². The third-order valence-electron chi connectivity index (χ3n) is 4.84. The second kappa shape index (κ2) is 9.79. The van der Waals surface area contributed by atoms with E-state index < -0.39 is 11.9 Å². The van der Waals surface area contributed by atoms with E-state index in [0.717, 1.165) is 0 Å². The number of nitrogens with one attached hydrogen (secondary N) is 2. The van der Waals surface area contributed by atoms with E-state index in [4.69, 9.17) is 28.5 Å². The number of likely N-dealkylation sites (tertiary alicyclic amines) is 1. The molecule has 2 aromatic carbocycles. The third kappa shape index (κ3) is 4.84. The van der Waals surface area contributed by atoms with Gasteiger partial charge in [0.05, 0.1) is 16.3 Å². The zero-order valence-corrected chi connectivity index (χ0v) is 17.4. The molecule has 0 spiro atoms. The lowest BCUT2D eigenvalue weighted by atomic mass is 10.1. The molecule has 9 heteroatoms. The van der Waals surface area contributed by atoms with Crippen molar-refractivity contribution in [1.29, 1.82) is 5.26 Å². The Morgan fingerprint density at radius 3 is 2.80 bits per heavy atom. The van der Waals surface area contributed by atoms with Crippen LogP contribution >= 0.6 is 23.2 Å². The summed E-state index contributed by atoms with van der Waals surface area (Å²) in [6.07, 6.45) is 1.25. The van der Waals surface area contributed by atoms with Gasteiger partial charge in [0.2, 0.25) is 5.91 Å². The maximum Gasteiger partial charge on any atom is 0.256 e. The molecule has 1 unspecified atom stereocenters. The summed E-state index contributed by atoms with van der Waals surface area (Å²) in [7, 11) is 0. The first-order valence-electron chi connectivity index (χ1n) is 9.38. The Morgan fingerprint density at radius 2 is 2.03 bits per heavy atom. The van der Waals surface area contributed by atoms with Gasteiger partial charge in [-0.05, 0) is 43.2 Å². The summed E-state index contributed by atoms with van der Waals surface area (Å²) in [6, 6.07) is 10.2. The molecule has 156 valence electrons. The second-order valence-corrected chi connectivity index (χ2v) is 7.62. The highest BCUT2D eigenvalue weighted by molar-refractivity contribution is 6.35. The van der Waals surface area contributed by atoms with Gasteiger partial charge in [-0.15, -0.1) is 0 Å². The minimum Gasteiger partial charge on any atom is -0.382 e. The number of nitriles is 1. The summed E-state index contributed by atoms with van der Waals surface area (Å²) in [4.78, 5) is 27.0. The molecule has 1 aliphatic rings. The number of hydrogen-bond acceptors (Lipinski definition) is 4. The van der Waals surface area contributed by atoms with Crippen LogP contribution in [-0.2, 0) is 4.79 Å². The zero-order chi connectivity index (χ0) is 21.7. The first kappa shape index (κ1) is 21.9. The summed E-state index contributed by atoms with van der Waals surface area (Å²) < 4.78 is 13.6. The molecule has 1 heterocycles. The Hall–Kier alpha value is -2.82. The monoisotopic (exact) mass is 448 g/mol. The van der Waals surface area contributed by atoms with Crippen LogP contribution in [-0.4, -0.2) is 42.4 Å². The molecular weight excluding hydrogens is 430 g/mol. The van der Waals surface area contributed by atoms with Crippen LogP contribution in [0.1, 0.15) is 28.8 Å². The van der Waals surface area contributed by atoms with Gasteiger partial charge in [-0.25, -0.2) is 4.39 Å². The van der Waals surface area contributed by atoms with Crippen molar-refractivity contribution < 1.29 is 14.0 Å². The van der Waals surface area contributed by atoms with E-state index >= 15 is 0 Å². The Kier molecular flexibility index (Phi) is 7.14. The average Bonchev–Trinajstić information content (AvgIpc) is 3.22. The number of nitrogens with zero attached hydrogens (tertiary/aromatic N) is 2. The van der Waals surface area contributed by atoms with Crippen molar-refractivity contribution in [3.8, 4) is 6.07 Å². The van der Waals surface area contributed by atoms with Crippen LogP contribution in [0.15, 0.2) is 36.4 Å². The Labute approximate surface area is 183 Å². The minimum atomic E-state index is -0.605. The quantitative estimate of drug-likeness (QED) is 0.657. The highest BCUT2D eigenvalue weighted by Crippen LogP contribution is 2.26. The molecule has 1 fully saturated rings. The molecule has 2 aromatic rings. The van der Waals surface area contributed by atoms with E-state index in [-0.39, 0.29) is 34.5 Å². The van der Waals surface area contributed by atoms with Crippen molar-refractivity contribution in [3.05, 3.63) is 63.4 Å². The standard InChI is InChI=1S/C21H19Cl2FN4O2/c22-13-6-7-16(23)14(11-13)21(30)28-10-2-5-19(28)20(29)27-9-8-26-18-4-1-3-17(24)15(18)12-25/h1,3-4,6-7,11,19,26H,2,5,8-10H2,(H,27,29). The number of halogens is 3. The molecule has 1 aliphatic heterocycles. The molecule has 1 atom stereocenters. The predicted octanol–water partition coefficient (Wildman–Crippen LogP) is 3.84. The first-order chi connectivity index (χ1) is 14.4. The maximum absolute atomic E-state index is 13.6. The molecule has 2 amide bonds. The van der Waals surface area contributed by atoms with Crippen LogP contribution in [0.3, 0.4) is 0 Å². The third-order valence-corrected chi connectivity index (χ3v) is 5.40. The fourth-order valence-electron chi connectivity index (χ4n) is 3.38. The summed E-state index contributed by atoms with van der Waals surface area (Å²) >= 11 is 12.1. The fourth-order valence-corrected chi connectivity index (χ4v) is 3.75.